The SMILES string of the molecule is Cc1cc(C=CC(=O)O)ccc1Oc1ccc(Cl)c(Cl)c1. The van der Waals surface area contributed by atoms with Crippen molar-refractivity contribution in [1.29, 1.82) is 0 Å². The van der Waals surface area contributed by atoms with Crippen molar-refractivity contribution in [2.24, 2.45) is 0 Å². The Morgan fingerprint density at radius 1 is 1.14 bits per heavy atom. The summed E-state index contributed by atoms with van der Waals surface area (Å²) in [6.07, 6.45) is 2.62. The summed E-state index contributed by atoms with van der Waals surface area (Å²) in [4.78, 5) is 10.5. The fourth-order valence-electron chi connectivity index (χ4n) is 1.73. The second-order valence-corrected chi connectivity index (χ2v) is 5.19. The predicted molar refractivity (Wildman–Crippen MR) is 84.4 cm³/mol. The lowest BCUT2D eigenvalue weighted by Crippen LogP contribution is -1.89. The van der Waals surface area contributed by atoms with Crippen LogP contribution in [0, 0.1) is 6.92 Å². The van der Waals surface area contributed by atoms with Gasteiger partial charge < -0.3 is 9.84 Å². The minimum atomic E-state index is -0.983. The van der Waals surface area contributed by atoms with Gasteiger partial charge >= 0.3 is 5.97 Å². The van der Waals surface area contributed by atoms with Crippen LogP contribution in [0.2, 0.25) is 10.0 Å². The number of hydrogen-bond acceptors (Lipinski definition) is 2. The van der Waals surface area contributed by atoms with Crippen LogP contribution >= 0.6 is 23.2 Å². The van der Waals surface area contributed by atoms with E-state index in [1.165, 1.54) is 6.08 Å². The molecule has 0 aliphatic rings. The molecule has 0 fully saturated rings. The fraction of sp³-hybridized carbons (Fsp3) is 0.0625. The summed E-state index contributed by atoms with van der Waals surface area (Å²) in [5, 5.41) is 9.50. The molecule has 0 saturated carbocycles. The minimum Gasteiger partial charge on any atom is -0.478 e. The van der Waals surface area contributed by atoms with Gasteiger partial charge in [0.2, 0.25) is 0 Å². The van der Waals surface area contributed by atoms with Crippen molar-refractivity contribution in [3.8, 4) is 11.5 Å². The summed E-state index contributed by atoms with van der Waals surface area (Å²) in [6, 6.07) is 10.4. The first-order valence-corrected chi connectivity index (χ1v) is 6.86. The lowest BCUT2D eigenvalue weighted by Gasteiger charge is -2.10. The molecule has 0 unspecified atom stereocenters. The Balaban J connectivity index is 2.21. The maximum atomic E-state index is 10.5. The quantitative estimate of drug-likeness (QED) is 0.787. The van der Waals surface area contributed by atoms with Gasteiger partial charge in [-0.25, -0.2) is 4.79 Å². The molecule has 0 aromatic heterocycles. The monoisotopic (exact) mass is 322 g/mol. The molecule has 0 spiro atoms. The summed E-state index contributed by atoms with van der Waals surface area (Å²) < 4.78 is 5.74. The number of carbonyl (C=O) groups is 1. The summed E-state index contributed by atoms with van der Waals surface area (Å²) in [5.74, 6) is 0.269. The topological polar surface area (TPSA) is 46.5 Å². The van der Waals surface area contributed by atoms with Crippen molar-refractivity contribution in [2.75, 3.05) is 0 Å². The highest BCUT2D eigenvalue weighted by Gasteiger charge is 2.05. The molecule has 3 nitrogen and oxygen atoms in total. The number of ether oxygens (including phenoxy) is 1. The third-order valence-electron chi connectivity index (χ3n) is 2.74. The van der Waals surface area contributed by atoms with Gasteiger partial charge in [-0.2, -0.15) is 0 Å². The van der Waals surface area contributed by atoms with Crippen LogP contribution in [0.3, 0.4) is 0 Å². The largest absolute Gasteiger partial charge is 0.478 e. The van der Waals surface area contributed by atoms with Crippen LogP contribution in [0.4, 0.5) is 0 Å². The van der Waals surface area contributed by atoms with Crippen molar-refractivity contribution in [1.82, 2.24) is 0 Å². The van der Waals surface area contributed by atoms with Crippen molar-refractivity contribution < 1.29 is 14.6 Å². The maximum absolute atomic E-state index is 10.5. The molecule has 2 rings (SSSR count). The van der Waals surface area contributed by atoms with Crippen molar-refractivity contribution in [3.63, 3.8) is 0 Å². The Morgan fingerprint density at radius 3 is 2.52 bits per heavy atom. The van der Waals surface area contributed by atoms with Gasteiger partial charge in [0.25, 0.3) is 0 Å². The third kappa shape index (κ3) is 4.25. The van der Waals surface area contributed by atoms with Crippen molar-refractivity contribution in [2.45, 2.75) is 6.92 Å². The number of rotatable bonds is 4. The Kier molecular flexibility index (Phi) is 4.89. The predicted octanol–water partition coefficient (Wildman–Crippen LogP) is 5.19. The first-order chi connectivity index (χ1) is 9.95. The molecule has 0 radical (unpaired) electrons. The van der Waals surface area contributed by atoms with Crippen molar-refractivity contribution >= 4 is 35.2 Å². The number of carboxylic acids is 1. The Labute approximate surface area is 132 Å². The average Bonchev–Trinajstić information content (AvgIpc) is 2.43. The minimum absolute atomic E-state index is 0.424. The number of benzene rings is 2. The molecule has 0 bridgehead atoms. The van der Waals surface area contributed by atoms with Crippen LogP contribution in [-0.2, 0) is 4.79 Å². The van der Waals surface area contributed by atoms with E-state index in [9.17, 15) is 4.79 Å². The number of aryl methyl sites for hydroxylation is 1. The van der Waals surface area contributed by atoms with E-state index in [2.05, 4.69) is 0 Å². The molecule has 108 valence electrons. The molecule has 0 amide bonds. The van der Waals surface area contributed by atoms with Crippen LogP contribution in [0.5, 0.6) is 11.5 Å². The molecule has 0 saturated heterocycles. The zero-order valence-corrected chi connectivity index (χ0v) is 12.7. The number of aliphatic carboxylic acids is 1. The molecule has 0 aliphatic heterocycles. The fourth-order valence-corrected chi connectivity index (χ4v) is 2.01. The van der Waals surface area contributed by atoms with Gasteiger partial charge in [-0.15, -0.1) is 0 Å². The molecule has 5 heteroatoms. The molecule has 21 heavy (non-hydrogen) atoms. The first-order valence-electron chi connectivity index (χ1n) is 6.10. The van der Waals surface area contributed by atoms with E-state index in [1.807, 2.05) is 13.0 Å². The summed E-state index contributed by atoms with van der Waals surface area (Å²) in [6.45, 7) is 1.88. The normalized spacial score (nSPS) is 10.8. The van der Waals surface area contributed by atoms with E-state index in [1.54, 1.807) is 30.3 Å². The highest BCUT2D eigenvalue weighted by atomic mass is 35.5. The van der Waals surface area contributed by atoms with Crippen LogP contribution in [0.1, 0.15) is 11.1 Å². The van der Waals surface area contributed by atoms with E-state index < -0.39 is 5.97 Å². The zero-order chi connectivity index (χ0) is 15.4. The zero-order valence-electron chi connectivity index (χ0n) is 11.1. The number of carboxylic acid groups (broad SMARTS) is 1. The molecular formula is C16H12Cl2O3. The van der Waals surface area contributed by atoms with Gasteiger partial charge in [0, 0.05) is 12.1 Å². The smallest absolute Gasteiger partial charge is 0.328 e. The number of hydrogen-bond donors (Lipinski definition) is 1. The van der Waals surface area contributed by atoms with Gasteiger partial charge in [0.1, 0.15) is 11.5 Å². The third-order valence-corrected chi connectivity index (χ3v) is 3.48. The highest BCUT2D eigenvalue weighted by Crippen LogP contribution is 2.31. The molecule has 0 aliphatic carbocycles. The number of halogens is 2. The van der Waals surface area contributed by atoms with Crippen LogP contribution in [0.15, 0.2) is 42.5 Å². The van der Waals surface area contributed by atoms with E-state index >= 15 is 0 Å². The van der Waals surface area contributed by atoms with Crippen molar-refractivity contribution in [3.05, 3.63) is 63.6 Å². The average molecular weight is 323 g/mol. The molecule has 2 aromatic rings. The van der Waals surface area contributed by atoms with Gasteiger partial charge in [-0.3, -0.25) is 0 Å². The molecule has 2 aromatic carbocycles. The van der Waals surface area contributed by atoms with Gasteiger partial charge in [0.05, 0.1) is 10.0 Å². The Hall–Kier alpha value is -1.97. The molecule has 0 atom stereocenters. The Morgan fingerprint density at radius 2 is 1.90 bits per heavy atom. The van der Waals surface area contributed by atoms with E-state index in [0.29, 0.717) is 21.5 Å². The standard InChI is InChI=1S/C16H12Cl2O3/c1-10-8-11(3-7-16(19)20)2-6-15(10)21-12-4-5-13(17)14(18)9-12/h2-9H,1H3,(H,19,20). The first kappa shape index (κ1) is 15.4. The van der Waals surface area contributed by atoms with E-state index in [4.69, 9.17) is 33.0 Å². The summed E-state index contributed by atoms with van der Waals surface area (Å²) in [5.41, 5.74) is 1.67. The van der Waals surface area contributed by atoms with Crippen LogP contribution < -0.4 is 4.74 Å². The van der Waals surface area contributed by atoms with Gasteiger partial charge in [0.15, 0.2) is 0 Å². The second-order valence-electron chi connectivity index (χ2n) is 4.37. The van der Waals surface area contributed by atoms with Gasteiger partial charge in [-0.1, -0.05) is 29.3 Å². The van der Waals surface area contributed by atoms with Crippen LogP contribution in [-0.4, -0.2) is 11.1 Å². The molecular weight excluding hydrogens is 311 g/mol. The van der Waals surface area contributed by atoms with E-state index in [0.717, 1.165) is 17.2 Å². The van der Waals surface area contributed by atoms with E-state index in [-0.39, 0.29) is 0 Å². The summed E-state index contributed by atoms with van der Waals surface area (Å²) >= 11 is 11.8. The highest BCUT2D eigenvalue weighted by molar-refractivity contribution is 6.42. The lowest BCUT2D eigenvalue weighted by atomic mass is 10.1. The molecule has 0 heterocycles. The lowest BCUT2D eigenvalue weighted by molar-refractivity contribution is -0.131. The van der Waals surface area contributed by atoms with Crippen LogP contribution in [0.25, 0.3) is 6.08 Å². The second kappa shape index (κ2) is 6.66. The Bertz CT molecular complexity index is 709. The maximum Gasteiger partial charge on any atom is 0.328 e. The summed E-state index contributed by atoms with van der Waals surface area (Å²) in [7, 11) is 0. The van der Waals surface area contributed by atoms with Gasteiger partial charge in [-0.05, 0) is 48.4 Å². The molecule has 1 N–H and O–H groups in total.